The largest absolute Gasteiger partial charge is 0.280 e. The molecule has 1 unspecified atom stereocenters. The van der Waals surface area contributed by atoms with Crippen molar-refractivity contribution in [2.75, 3.05) is 0 Å². The van der Waals surface area contributed by atoms with E-state index in [0.717, 1.165) is 0 Å². The highest BCUT2D eigenvalue weighted by Crippen LogP contribution is 2.27. The summed E-state index contributed by atoms with van der Waals surface area (Å²) in [5.41, 5.74) is -0.0845. The maximum atomic E-state index is 10.5. The summed E-state index contributed by atoms with van der Waals surface area (Å²) in [6.07, 6.45) is 0. The predicted molar refractivity (Wildman–Crippen MR) is 43.0 cm³/mol. The predicted octanol–water partition coefficient (Wildman–Crippen LogP) is 2.56. The minimum atomic E-state index is -0.331. The van der Waals surface area contributed by atoms with E-state index in [1.807, 2.05) is 20.8 Å². The highest BCUT2D eigenvalue weighted by atomic mass is 79.9. The molecule has 9 heavy (non-hydrogen) atoms. The molecule has 0 aromatic carbocycles. The Hall–Kier alpha value is 0.440. The molecule has 1 atom stereocenters. The molecule has 0 rings (SSSR count). The second kappa shape index (κ2) is 3.02. The van der Waals surface area contributed by atoms with E-state index in [2.05, 4.69) is 15.9 Å². The van der Waals surface area contributed by atoms with E-state index < -0.39 is 0 Å². The molecule has 0 heterocycles. The maximum absolute atomic E-state index is 10.5. The second-order valence-corrected chi connectivity index (χ2v) is 4.32. The van der Waals surface area contributed by atoms with Crippen molar-refractivity contribution in [3.8, 4) is 0 Å². The normalized spacial score (nSPS) is 15.2. The lowest BCUT2D eigenvalue weighted by molar-refractivity contribution is -0.112. The van der Waals surface area contributed by atoms with Gasteiger partial charge in [0.2, 0.25) is 5.24 Å². The highest BCUT2D eigenvalue weighted by Gasteiger charge is 2.26. The Labute approximate surface area is 68.9 Å². The number of carbonyl (C=O) groups excluding carboxylic acids is 1. The first-order chi connectivity index (χ1) is 3.85. The zero-order valence-electron chi connectivity index (χ0n) is 5.74. The molecule has 0 saturated heterocycles. The minimum absolute atomic E-state index is 0.0845. The molecule has 54 valence electrons. The smallest absolute Gasteiger partial charge is 0.235 e. The summed E-state index contributed by atoms with van der Waals surface area (Å²) in [6.45, 7) is 5.85. The maximum Gasteiger partial charge on any atom is 0.235 e. The van der Waals surface area contributed by atoms with Crippen molar-refractivity contribution in [3.05, 3.63) is 0 Å². The van der Waals surface area contributed by atoms with Gasteiger partial charge in [-0.25, -0.2) is 0 Å². The Bertz CT molecular complexity index is 117. The number of rotatable bonds is 1. The van der Waals surface area contributed by atoms with Crippen molar-refractivity contribution in [1.29, 1.82) is 0 Å². The van der Waals surface area contributed by atoms with E-state index in [-0.39, 0.29) is 15.5 Å². The van der Waals surface area contributed by atoms with Crippen LogP contribution in [-0.4, -0.2) is 10.1 Å². The molecule has 0 radical (unpaired) electrons. The summed E-state index contributed by atoms with van der Waals surface area (Å²) in [4.78, 5) is 10.3. The molecule has 0 N–H and O–H groups in total. The van der Waals surface area contributed by atoms with Crippen LogP contribution in [0.25, 0.3) is 0 Å². The van der Waals surface area contributed by atoms with Crippen LogP contribution in [0.2, 0.25) is 0 Å². The highest BCUT2D eigenvalue weighted by molar-refractivity contribution is 9.10. The van der Waals surface area contributed by atoms with Gasteiger partial charge in [-0.1, -0.05) is 36.7 Å². The molecular formula is C6H10BrClO. The summed E-state index contributed by atoms with van der Waals surface area (Å²) in [7, 11) is 0. The third-order valence-corrected chi connectivity index (χ3v) is 3.23. The number of halogens is 2. The Morgan fingerprint density at radius 1 is 1.56 bits per heavy atom. The molecule has 0 aliphatic heterocycles. The van der Waals surface area contributed by atoms with Crippen LogP contribution in [0.1, 0.15) is 20.8 Å². The molecule has 0 fully saturated rings. The van der Waals surface area contributed by atoms with Gasteiger partial charge in [0.15, 0.2) is 0 Å². The second-order valence-electron chi connectivity index (χ2n) is 3.03. The van der Waals surface area contributed by atoms with Crippen LogP contribution in [0.3, 0.4) is 0 Å². The molecule has 3 heteroatoms. The third-order valence-electron chi connectivity index (χ3n) is 0.960. The minimum Gasteiger partial charge on any atom is -0.280 e. The van der Waals surface area contributed by atoms with Gasteiger partial charge in [0.1, 0.15) is 0 Å². The van der Waals surface area contributed by atoms with Crippen LogP contribution in [-0.2, 0) is 4.79 Å². The van der Waals surface area contributed by atoms with Gasteiger partial charge < -0.3 is 0 Å². The Kier molecular flexibility index (Phi) is 3.17. The molecule has 0 bridgehead atoms. The average Bonchev–Trinajstić information content (AvgIpc) is 1.62. The van der Waals surface area contributed by atoms with Gasteiger partial charge in [-0.3, -0.25) is 4.79 Å². The fraction of sp³-hybridized carbons (Fsp3) is 0.833. The van der Waals surface area contributed by atoms with Gasteiger partial charge in [0.25, 0.3) is 0 Å². The molecule has 0 aliphatic carbocycles. The van der Waals surface area contributed by atoms with Gasteiger partial charge in [-0.15, -0.1) is 0 Å². The molecule has 0 aliphatic rings. The summed E-state index contributed by atoms with van der Waals surface area (Å²) in [6, 6.07) is 0. The van der Waals surface area contributed by atoms with Crippen LogP contribution >= 0.6 is 27.5 Å². The van der Waals surface area contributed by atoms with Crippen molar-refractivity contribution in [3.63, 3.8) is 0 Å². The van der Waals surface area contributed by atoms with Crippen LogP contribution < -0.4 is 0 Å². The van der Waals surface area contributed by atoms with Crippen LogP contribution in [0.15, 0.2) is 0 Å². The van der Waals surface area contributed by atoms with Crippen LogP contribution in [0, 0.1) is 5.41 Å². The summed E-state index contributed by atoms with van der Waals surface area (Å²) < 4.78 is 0. The zero-order valence-corrected chi connectivity index (χ0v) is 8.08. The number of carbonyl (C=O) groups is 1. The molecular weight excluding hydrogens is 203 g/mol. The lowest BCUT2D eigenvalue weighted by Gasteiger charge is -2.21. The number of hydrogen-bond acceptors (Lipinski definition) is 1. The van der Waals surface area contributed by atoms with Gasteiger partial charge >= 0.3 is 0 Å². The van der Waals surface area contributed by atoms with E-state index >= 15 is 0 Å². The number of hydrogen-bond donors (Lipinski definition) is 0. The van der Waals surface area contributed by atoms with E-state index in [9.17, 15) is 4.79 Å². The van der Waals surface area contributed by atoms with Crippen molar-refractivity contribution in [2.24, 2.45) is 5.41 Å². The first-order valence-electron chi connectivity index (χ1n) is 2.69. The Morgan fingerprint density at radius 2 is 1.89 bits per heavy atom. The van der Waals surface area contributed by atoms with Crippen molar-refractivity contribution >= 4 is 32.8 Å². The average molecular weight is 214 g/mol. The SMILES string of the molecule is CC(C)(C)C(Br)C(=O)Cl. The van der Waals surface area contributed by atoms with E-state index in [1.165, 1.54) is 0 Å². The van der Waals surface area contributed by atoms with Crippen molar-refractivity contribution < 1.29 is 4.79 Å². The zero-order chi connectivity index (χ0) is 7.65. The third kappa shape index (κ3) is 3.21. The molecule has 0 spiro atoms. The topological polar surface area (TPSA) is 17.1 Å². The molecule has 0 amide bonds. The van der Waals surface area contributed by atoms with Gasteiger partial charge in [0.05, 0.1) is 4.83 Å². The van der Waals surface area contributed by atoms with Crippen LogP contribution in [0.4, 0.5) is 0 Å². The number of alkyl halides is 1. The lowest BCUT2D eigenvalue weighted by Crippen LogP contribution is -2.25. The van der Waals surface area contributed by atoms with E-state index in [0.29, 0.717) is 0 Å². The summed E-state index contributed by atoms with van der Waals surface area (Å²) in [5, 5.41) is -0.331. The van der Waals surface area contributed by atoms with Crippen LogP contribution in [0.5, 0.6) is 0 Å². The first-order valence-corrected chi connectivity index (χ1v) is 3.98. The molecule has 0 aromatic heterocycles. The molecule has 0 saturated carbocycles. The van der Waals surface area contributed by atoms with Gasteiger partial charge in [-0.2, -0.15) is 0 Å². The van der Waals surface area contributed by atoms with E-state index in [1.54, 1.807) is 0 Å². The quantitative estimate of drug-likeness (QED) is 0.483. The fourth-order valence-corrected chi connectivity index (χ4v) is 0.668. The molecule has 0 aromatic rings. The molecule has 1 nitrogen and oxygen atoms in total. The fourth-order valence-electron chi connectivity index (χ4n) is 0.340. The van der Waals surface area contributed by atoms with Crippen molar-refractivity contribution in [1.82, 2.24) is 0 Å². The standard InChI is InChI=1S/C6H10BrClO/c1-6(2,3)4(7)5(8)9/h4H,1-3H3. The monoisotopic (exact) mass is 212 g/mol. The van der Waals surface area contributed by atoms with E-state index in [4.69, 9.17) is 11.6 Å². The Balaban J connectivity index is 4.04. The van der Waals surface area contributed by atoms with Gasteiger partial charge in [-0.05, 0) is 17.0 Å². The summed E-state index contributed by atoms with van der Waals surface area (Å²) in [5.74, 6) is 0. The van der Waals surface area contributed by atoms with Gasteiger partial charge in [0, 0.05) is 0 Å². The lowest BCUT2D eigenvalue weighted by atomic mass is 9.93. The van der Waals surface area contributed by atoms with Crippen molar-refractivity contribution in [2.45, 2.75) is 25.6 Å². The summed E-state index contributed by atoms with van der Waals surface area (Å²) >= 11 is 8.41. The first kappa shape index (κ1) is 9.44. The Morgan fingerprint density at radius 3 is 1.89 bits per heavy atom.